The SMILES string of the molecule is COCCCNc1ccc(C(=O)NC2C(C)(C)[C@H]3CC[C@@]2(C)C3)cc1S(=O)(=O)N1CCOCC1. The Labute approximate surface area is 203 Å². The summed E-state index contributed by atoms with van der Waals surface area (Å²) in [5.74, 6) is 0.398. The number of carbonyl (C=O) groups excluding carboxylic acids is 1. The second kappa shape index (κ2) is 9.76. The first kappa shape index (κ1) is 25.4. The number of anilines is 1. The third-order valence-electron chi connectivity index (χ3n) is 8.22. The summed E-state index contributed by atoms with van der Waals surface area (Å²) in [5, 5.41) is 6.52. The molecule has 0 radical (unpaired) electrons. The van der Waals surface area contributed by atoms with Crippen LogP contribution in [0.15, 0.2) is 23.1 Å². The van der Waals surface area contributed by atoms with Crippen molar-refractivity contribution in [2.75, 3.05) is 51.9 Å². The molecule has 1 heterocycles. The fourth-order valence-corrected chi connectivity index (χ4v) is 7.87. The number of benzene rings is 1. The van der Waals surface area contributed by atoms with Gasteiger partial charge >= 0.3 is 0 Å². The van der Waals surface area contributed by atoms with E-state index in [4.69, 9.17) is 9.47 Å². The molecule has 3 atom stereocenters. The highest BCUT2D eigenvalue weighted by Gasteiger charge is 2.59. The molecule has 9 heteroatoms. The van der Waals surface area contributed by atoms with E-state index >= 15 is 0 Å². The van der Waals surface area contributed by atoms with Crippen molar-refractivity contribution in [2.24, 2.45) is 16.7 Å². The molecule has 2 saturated carbocycles. The Morgan fingerprint density at radius 1 is 1.24 bits per heavy atom. The number of methoxy groups -OCH3 is 1. The van der Waals surface area contributed by atoms with Gasteiger partial charge in [-0.15, -0.1) is 0 Å². The van der Waals surface area contributed by atoms with E-state index in [1.54, 1.807) is 19.2 Å². The third-order valence-corrected chi connectivity index (χ3v) is 10.2. The Morgan fingerprint density at radius 2 is 1.97 bits per heavy atom. The standard InChI is InChI=1S/C25H39N3O5S/c1-24(2)19-8-9-25(3,17-19)23(24)27-22(29)18-6-7-20(26-10-5-13-32-4)21(16-18)34(30,31)28-11-14-33-15-12-28/h6-7,16,19,23,26H,5,8-15,17H2,1-4H3,(H,27,29)/t19-,23?,25-/m0/s1. The topological polar surface area (TPSA) is 97.0 Å². The van der Waals surface area contributed by atoms with Gasteiger partial charge in [-0.2, -0.15) is 4.31 Å². The Hall–Kier alpha value is -1.68. The summed E-state index contributed by atoms with van der Waals surface area (Å²) in [7, 11) is -2.14. The van der Waals surface area contributed by atoms with Crippen LogP contribution in [-0.4, -0.2) is 71.2 Å². The summed E-state index contributed by atoms with van der Waals surface area (Å²) in [4.78, 5) is 13.5. The van der Waals surface area contributed by atoms with Crippen molar-refractivity contribution in [1.82, 2.24) is 9.62 Å². The van der Waals surface area contributed by atoms with E-state index in [0.717, 1.165) is 19.3 Å². The van der Waals surface area contributed by atoms with E-state index in [1.807, 2.05) is 0 Å². The van der Waals surface area contributed by atoms with Gasteiger partial charge in [0.2, 0.25) is 10.0 Å². The number of morpholine rings is 1. The maximum atomic E-state index is 13.5. The number of ether oxygens (including phenoxy) is 2. The van der Waals surface area contributed by atoms with E-state index in [9.17, 15) is 13.2 Å². The van der Waals surface area contributed by atoms with Gasteiger partial charge in [-0.1, -0.05) is 20.8 Å². The van der Waals surface area contributed by atoms with Gasteiger partial charge in [0, 0.05) is 45.0 Å². The Balaban J connectivity index is 1.60. The molecule has 1 aromatic rings. The predicted molar refractivity (Wildman–Crippen MR) is 131 cm³/mol. The predicted octanol–water partition coefficient (Wildman–Crippen LogP) is 3.10. The minimum atomic E-state index is -3.78. The first-order valence-corrected chi connectivity index (χ1v) is 13.8. The zero-order valence-corrected chi connectivity index (χ0v) is 21.7. The molecule has 3 aliphatic rings. The summed E-state index contributed by atoms with van der Waals surface area (Å²) in [6.07, 6.45) is 4.20. The second-order valence-electron chi connectivity index (χ2n) is 10.8. The van der Waals surface area contributed by atoms with Crippen LogP contribution in [0.1, 0.15) is 56.8 Å². The molecule has 1 saturated heterocycles. The quantitative estimate of drug-likeness (QED) is 0.513. The van der Waals surface area contributed by atoms with Gasteiger partial charge in [0.15, 0.2) is 0 Å². The van der Waals surface area contributed by atoms with Crippen LogP contribution in [-0.2, 0) is 19.5 Å². The van der Waals surface area contributed by atoms with Crippen LogP contribution in [0.3, 0.4) is 0 Å². The lowest BCUT2D eigenvalue weighted by molar-refractivity contribution is 0.0729. The molecule has 3 fully saturated rings. The normalized spacial score (nSPS) is 28.7. The summed E-state index contributed by atoms with van der Waals surface area (Å²) in [5.41, 5.74) is 0.992. The van der Waals surface area contributed by atoms with Gasteiger partial charge in [0.05, 0.1) is 18.9 Å². The first-order chi connectivity index (χ1) is 16.1. The van der Waals surface area contributed by atoms with Crippen molar-refractivity contribution in [2.45, 2.75) is 57.4 Å². The highest BCUT2D eigenvalue weighted by atomic mass is 32.2. The molecular weight excluding hydrogens is 454 g/mol. The number of sulfonamides is 1. The Bertz CT molecular complexity index is 1000. The van der Waals surface area contributed by atoms with E-state index in [2.05, 4.69) is 31.4 Å². The van der Waals surface area contributed by atoms with Crippen LogP contribution < -0.4 is 10.6 Å². The van der Waals surface area contributed by atoms with Crippen LogP contribution in [0.25, 0.3) is 0 Å². The van der Waals surface area contributed by atoms with E-state index in [-0.39, 0.29) is 27.7 Å². The molecule has 0 aromatic heterocycles. The zero-order chi connectivity index (χ0) is 24.6. The number of hydrogen-bond acceptors (Lipinski definition) is 6. The van der Waals surface area contributed by atoms with Gasteiger partial charge in [-0.05, 0) is 60.6 Å². The smallest absolute Gasteiger partial charge is 0.251 e. The first-order valence-electron chi connectivity index (χ1n) is 12.4. The average molecular weight is 494 g/mol. The lowest BCUT2D eigenvalue weighted by Crippen LogP contribution is -2.52. The van der Waals surface area contributed by atoms with E-state index in [0.29, 0.717) is 56.6 Å². The number of carbonyl (C=O) groups is 1. The van der Waals surface area contributed by atoms with Crippen LogP contribution in [0.4, 0.5) is 5.69 Å². The number of rotatable bonds is 9. The number of nitrogens with zero attached hydrogens (tertiary/aromatic N) is 1. The van der Waals surface area contributed by atoms with Gasteiger partial charge in [-0.3, -0.25) is 4.79 Å². The molecule has 1 aliphatic heterocycles. The zero-order valence-electron chi connectivity index (χ0n) is 20.9. The summed E-state index contributed by atoms with van der Waals surface area (Å²) >= 11 is 0. The van der Waals surface area contributed by atoms with Crippen LogP contribution >= 0.6 is 0 Å². The lowest BCUT2D eigenvalue weighted by atomic mass is 9.68. The van der Waals surface area contributed by atoms with Crippen molar-refractivity contribution in [3.8, 4) is 0 Å². The van der Waals surface area contributed by atoms with Crippen molar-refractivity contribution in [1.29, 1.82) is 0 Å². The van der Waals surface area contributed by atoms with Gasteiger partial charge in [0.1, 0.15) is 4.90 Å². The number of fused-ring (bicyclic) bond motifs is 2. The van der Waals surface area contributed by atoms with Gasteiger partial charge in [0.25, 0.3) is 5.91 Å². The van der Waals surface area contributed by atoms with E-state index < -0.39 is 10.0 Å². The van der Waals surface area contributed by atoms with Gasteiger partial charge in [-0.25, -0.2) is 8.42 Å². The molecule has 4 rings (SSSR count). The van der Waals surface area contributed by atoms with Crippen molar-refractivity contribution >= 4 is 21.6 Å². The molecule has 1 aromatic carbocycles. The molecule has 1 amide bonds. The molecule has 190 valence electrons. The van der Waals surface area contributed by atoms with Crippen LogP contribution in [0.2, 0.25) is 0 Å². The molecule has 0 spiro atoms. The second-order valence-corrected chi connectivity index (χ2v) is 12.7. The lowest BCUT2D eigenvalue weighted by Gasteiger charge is -2.43. The maximum Gasteiger partial charge on any atom is 0.251 e. The number of amides is 1. The highest BCUT2D eigenvalue weighted by molar-refractivity contribution is 7.89. The molecule has 1 unspecified atom stereocenters. The minimum absolute atomic E-state index is 0.0220. The number of hydrogen-bond donors (Lipinski definition) is 2. The molecular formula is C25H39N3O5S. The average Bonchev–Trinajstić information content (AvgIpc) is 3.31. The maximum absolute atomic E-state index is 13.5. The molecule has 2 bridgehead atoms. The molecule has 34 heavy (non-hydrogen) atoms. The molecule has 2 N–H and O–H groups in total. The van der Waals surface area contributed by atoms with E-state index in [1.165, 1.54) is 16.8 Å². The van der Waals surface area contributed by atoms with Crippen molar-refractivity contribution in [3.05, 3.63) is 23.8 Å². The number of nitrogens with one attached hydrogen (secondary N) is 2. The Kier molecular flexibility index (Phi) is 7.29. The van der Waals surface area contributed by atoms with Crippen molar-refractivity contribution < 1.29 is 22.7 Å². The Morgan fingerprint density at radius 3 is 2.62 bits per heavy atom. The van der Waals surface area contributed by atoms with Gasteiger partial charge < -0.3 is 20.1 Å². The fourth-order valence-electron chi connectivity index (χ4n) is 6.27. The fraction of sp³-hybridized carbons (Fsp3) is 0.720. The van der Waals surface area contributed by atoms with Crippen LogP contribution in [0, 0.1) is 16.7 Å². The summed E-state index contributed by atoms with van der Waals surface area (Å²) in [6.45, 7) is 9.25. The molecule has 2 aliphatic carbocycles. The van der Waals surface area contributed by atoms with Crippen LogP contribution in [0.5, 0.6) is 0 Å². The largest absolute Gasteiger partial charge is 0.385 e. The van der Waals surface area contributed by atoms with Crippen molar-refractivity contribution in [3.63, 3.8) is 0 Å². The summed E-state index contributed by atoms with van der Waals surface area (Å²) in [6, 6.07) is 5.02. The molecule has 8 nitrogen and oxygen atoms in total. The third kappa shape index (κ3) is 4.72. The minimum Gasteiger partial charge on any atom is -0.385 e. The summed E-state index contributed by atoms with van der Waals surface area (Å²) < 4.78 is 39.0. The monoisotopic (exact) mass is 493 g/mol. The highest BCUT2D eigenvalue weighted by Crippen LogP contribution is 2.62.